The predicted molar refractivity (Wildman–Crippen MR) is 74.4 cm³/mol. The number of thiophene rings is 1. The molecule has 19 heavy (non-hydrogen) atoms. The van der Waals surface area contributed by atoms with Crippen LogP contribution in [0.4, 0.5) is 0 Å². The molecule has 3 nitrogen and oxygen atoms in total. The van der Waals surface area contributed by atoms with Gasteiger partial charge in [0.05, 0.1) is 18.1 Å². The van der Waals surface area contributed by atoms with E-state index < -0.39 is 0 Å². The zero-order valence-electron chi connectivity index (χ0n) is 11.1. The van der Waals surface area contributed by atoms with E-state index in [1.807, 2.05) is 0 Å². The van der Waals surface area contributed by atoms with Gasteiger partial charge < -0.3 is 9.64 Å². The Kier molecular flexibility index (Phi) is 2.88. The Labute approximate surface area is 117 Å². The van der Waals surface area contributed by atoms with E-state index in [1.54, 1.807) is 11.3 Å². The van der Waals surface area contributed by atoms with Gasteiger partial charge in [0.15, 0.2) is 0 Å². The highest BCUT2D eigenvalue weighted by Gasteiger charge is 2.38. The van der Waals surface area contributed by atoms with E-state index >= 15 is 0 Å². The Morgan fingerprint density at radius 2 is 2.11 bits per heavy atom. The molecule has 4 rings (SSSR count). The summed E-state index contributed by atoms with van der Waals surface area (Å²) in [6.45, 7) is 3.46. The summed E-state index contributed by atoms with van der Waals surface area (Å²) in [5.74, 6) is 1.82. The van der Waals surface area contributed by atoms with Gasteiger partial charge in [-0.1, -0.05) is 6.42 Å². The first-order chi connectivity index (χ1) is 9.31. The molecule has 1 aliphatic carbocycles. The second kappa shape index (κ2) is 4.60. The number of carbonyl (C=O) groups excluding carboxylic acids is 1. The number of likely N-dealkylation sites (tertiary alicyclic amines) is 1. The molecule has 1 saturated carbocycles. The van der Waals surface area contributed by atoms with Crippen LogP contribution in [0.25, 0.3) is 0 Å². The average Bonchev–Trinajstić information content (AvgIpc) is 3.10. The van der Waals surface area contributed by atoms with E-state index in [9.17, 15) is 4.79 Å². The lowest BCUT2D eigenvalue weighted by Gasteiger charge is -2.16. The summed E-state index contributed by atoms with van der Waals surface area (Å²) in [6.07, 6.45) is 4.98. The SMILES string of the molecule is O=C(c1cc2c(s1)CCOC2)N1C[C@H]2CCC[C@H]2C1. The van der Waals surface area contributed by atoms with Crippen LogP contribution in [-0.4, -0.2) is 30.5 Å². The van der Waals surface area contributed by atoms with E-state index in [1.165, 1.54) is 29.7 Å². The summed E-state index contributed by atoms with van der Waals surface area (Å²) in [7, 11) is 0. The molecule has 1 amide bonds. The van der Waals surface area contributed by atoms with Gasteiger partial charge in [0.25, 0.3) is 5.91 Å². The summed E-state index contributed by atoms with van der Waals surface area (Å²) in [4.78, 5) is 17.0. The summed E-state index contributed by atoms with van der Waals surface area (Å²) < 4.78 is 5.46. The van der Waals surface area contributed by atoms with Crippen LogP contribution in [0.15, 0.2) is 6.07 Å². The van der Waals surface area contributed by atoms with Crippen molar-refractivity contribution >= 4 is 17.2 Å². The third kappa shape index (κ3) is 2.01. The molecule has 0 unspecified atom stereocenters. The molecule has 0 N–H and O–H groups in total. The van der Waals surface area contributed by atoms with E-state index in [4.69, 9.17) is 4.74 Å². The highest BCUT2D eigenvalue weighted by molar-refractivity contribution is 7.14. The summed E-state index contributed by atoms with van der Waals surface area (Å²) in [6, 6.07) is 2.07. The van der Waals surface area contributed by atoms with Crippen LogP contribution in [0, 0.1) is 11.8 Å². The monoisotopic (exact) mass is 277 g/mol. The summed E-state index contributed by atoms with van der Waals surface area (Å²) >= 11 is 1.69. The molecule has 1 saturated heterocycles. The molecule has 1 aromatic rings. The molecule has 0 bridgehead atoms. The number of rotatable bonds is 1. The van der Waals surface area contributed by atoms with Gasteiger partial charge in [-0.25, -0.2) is 0 Å². The molecular weight excluding hydrogens is 258 g/mol. The number of fused-ring (bicyclic) bond motifs is 2. The van der Waals surface area contributed by atoms with Crippen LogP contribution in [0.1, 0.15) is 39.4 Å². The minimum absolute atomic E-state index is 0.258. The highest BCUT2D eigenvalue weighted by atomic mass is 32.1. The van der Waals surface area contributed by atoms with Crippen molar-refractivity contribution in [2.45, 2.75) is 32.3 Å². The fourth-order valence-electron chi connectivity index (χ4n) is 3.81. The van der Waals surface area contributed by atoms with Crippen molar-refractivity contribution in [2.75, 3.05) is 19.7 Å². The maximum Gasteiger partial charge on any atom is 0.263 e. The Balaban J connectivity index is 1.53. The van der Waals surface area contributed by atoms with E-state index in [0.717, 1.165) is 42.8 Å². The standard InChI is InChI=1S/C15H19NO2S/c17-15(16-7-10-2-1-3-11(10)8-16)14-6-12-9-18-5-4-13(12)19-14/h6,10-11H,1-5,7-9H2/t10-,11+. The molecule has 4 heteroatoms. The molecule has 3 heterocycles. The zero-order chi connectivity index (χ0) is 12.8. The second-order valence-electron chi connectivity index (χ2n) is 6.02. The molecule has 2 aliphatic heterocycles. The molecule has 102 valence electrons. The third-order valence-electron chi connectivity index (χ3n) is 4.85. The van der Waals surface area contributed by atoms with Gasteiger partial charge in [-0.3, -0.25) is 4.79 Å². The molecule has 3 aliphatic rings. The van der Waals surface area contributed by atoms with Crippen molar-refractivity contribution in [3.63, 3.8) is 0 Å². The minimum Gasteiger partial charge on any atom is -0.376 e. The largest absolute Gasteiger partial charge is 0.376 e. The summed E-state index contributed by atoms with van der Waals surface area (Å²) in [5, 5.41) is 0. The van der Waals surface area contributed by atoms with Crippen molar-refractivity contribution in [2.24, 2.45) is 11.8 Å². The molecule has 2 atom stereocenters. The first kappa shape index (κ1) is 11.9. The first-order valence-corrected chi connectivity index (χ1v) is 8.11. The van der Waals surface area contributed by atoms with Crippen LogP contribution < -0.4 is 0 Å². The van der Waals surface area contributed by atoms with Crippen LogP contribution in [-0.2, 0) is 17.8 Å². The fraction of sp³-hybridized carbons (Fsp3) is 0.667. The molecule has 0 radical (unpaired) electrons. The number of nitrogens with zero attached hydrogens (tertiary/aromatic N) is 1. The molecule has 0 aromatic carbocycles. The van der Waals surface area contributed by atoms with Crippen molar-refractivity contribution in [1.82, 2.24) is 4.90 Å². The normalized spacial score (nSPS) is 29.4. The Morgan fingerprint density at radius 3 is 2.84 bits per heavy atom. The lowest BCUT2D eigenvalue weighted by molar-refractivity contribution is 0.0785. The fourth-order valence-corrected chi connectivity index (χ4v) is 4.93. The Bertz CT molecular complexity index is 475. The Hall–Kier alpha value is -0.870. The van der Waals surface area contributed by atoms with Gasteiger partial charge in [-0.2, -0.15) is 0 Å². The van der Waals surface area contributed by atoms with Crippen LogP contribution in [0.2, 0.25) is 0 Å². The van der Waals surface area contributed by atoms with Crippen LogP contribution >= 0.6 is 11.3 Å². The smallest absolute Gasteiger partial charge is 0.263 e. The average molecular weight is 277 g/mol. The van der Waals surface area contributed by atoms with Crippen molar-refractivity contribution in [3.8, 4) is 0 Å². The zero-order valence-corrected chi connectivity index (χ0v) is 11.9. The maximum absolute atomic E-state index is 12.6. The van der Waals surface area contributed by atoms with Crippen molar-refractivity contribution < 1.29 is 9.53 Å². The molecule has 2 fully saturated rings. The van der Waals surface area contributed by atoms with E-state index in [-0.39, 0.29) is 5.91 Å². The molecule has 0 spiro atoms. The van der Waals surface area contributed by atoms with Gasteiger partial charge >= 0.3 is 0 Å². The number of carbonyl (C=O) groups is 1. The van der Waals surface area contributed by atoms with Gasteiger partial charge in [0, 0.05) is 24.4 Å². The predicted octanol–water partition coefficient (Wildman–Crippen LogP) is 2.69. The topological polar surface area (TPSA) is 29.5 Å². The third-order valence-corrected chi connectivity index (χ3v) is 6.08. The molecular formula is C15H19NO2S. The van der Waals surface area contributed by atoms with E-state index in [0.29, 0.717) is 6.61 Å². The van der Waals surface area contributed by atoms with Crippen LogP contribution in [0.3, 0.4) is 0 Å². The number of ether oxygens (including phenoxy) is 1. The molecule has 1 aromatic heterocycles. The van der Waals surface area contributed by atoms with E-state index in [2.05, 4.69) is 11.0 Å². The maximum atomic E-state index is 12.6. The summed E-state index contributed by atoms with van der Waals surface area (Å²) in [5.41, 5.74) is 1.24. The number of hydrogen-bond donors (Lipinski definition) is 0. The van der Waals surface area contributed by atoms with Gasteiger partial charge in [0.1, 0.15) is 0 Å². The van der Waals surface area contributed by atoms with Gasteiger partial charge in [-0.15, -0.1) is 11.3 Å². The first-order valence-electron chi connectivity index (χ1n) is 7.30. The highest BCUT2D eigenvalue weighted by Crippen LogP contribution is 2.39. The van der Waals surface area contributed by atoms with Gasteiger partial charge in [-0.05, 0) is 36.3 Å². The second-order valence-corrected chi connectivity index (χ2v) is 7.16. The lowest BCUT2D eigenvalue weighted by Crippen LogP contribution is -2.28. The van der Waals surface area contributed by atoms with Gasteiger partial charge in [0.2, 0.25) is 0 Å². The minimum atomic E-state index is 0.258. The number of hydrogen-bond acceptors (Lipinski definition) is 3. The van der Waals surface area contributed by atoms with Crippen molar-refractivity contribution in [3.05, 3.63) is 21.4 Å². The van der Waals surface area contributed by atoms with Crippen LogP contribution in [0.5, 0.6) is 0 Å². The number of amides is 1. The Morgan fingerprint density at radius 1 is 1.32 bits per heavy atom. The van der Waals surface area contributed by atoms with Crippen molar-refractivity contribution in [1.29, 1.82) is 0 Å². The lowest BCUT2D eigenvalue weighted by atomic mass is 10.0. The quantitative estimate of drug-likeness (QED) is 0.790.